The highest BCUT2D eigenvalue weighted by atomic mass is 16.3. The van der Waals surface area contributed by atoms with Gasteiger partial charge in [-0.15, -0.1) is 0 Å². The summed E-state index contributed by atoms with van der Waals surface area (Å²) in [7, 11) is 0. The lowest BCUT2D eigenvalue weighted by molar-refractivity contribution is 0.666. The monoisotopic (exact) mass is 729 g/mol. The van der Waals surface area contributed by atoms with Gasteiger partial charge in [-0.25, -0.2) is 9.97 Å². The fourth-order valence-electron chi connectivity index (χ4n) is 8.59. The lowest BCUT2D eigenvalue weighted by Crippen LogP contribution is -2.00. The largest absolute Gasteiger partial charge is 0.454 e. The van der Waals surface area contributed by atoms with Crippen LogP contribution in [0.15, 0.2) is 199 Å². The summed E-state index contributed by atoms with van der Waals surface area (Å²) in [6.07, 6.45) is 0. The van der Waals surface area contributed by atoms with Crippen molar-refractivity contribution in [2.24, 2.45) is 0 Å². The lowest BCUT2D eigenvalue weighted by Gasteiger charge is -2.14. The second kappa shape index (κ2) is 13.3. The first kappa shape index (κ1) is 32.8. The van der Waals surface area contributed by atoms with Gasteiger partial charge in [0.15, 0.2) is 11.4 Å². The topological polar surface area (TPSA) is 43.9 Å². The van der Waals surface area contributed by atoms with Gasteiger partial charge in [-0.2, -0.15) is 0 Å². The summed E-state index contributed by atoms with van der Waals surface area (Å²) >= 11 is 0. The van der Waals surface area contributed by atoms with Crippen LogP contribution in [0, 0.1) is 6.92 Å². The molecule has 0 amide bonds. The van der Waals surface area contributed by atoms with Crippen molar-refractivity contribution in [1.29, 1.82) is 0 Å². The van der Waals surface area contributed by atoms with Gasteiger partial charge in [-0.3, -0.25) is 0 Å². The highest BCUT2D eigenvalue weighted by molar-refractivity contribution is 6.18. The SMILES string of the molecule is Cc1c(-c2ccccc2)nc(-c2ccccc2)nc1-c1ccc(-c2cccc3oc4c(-n5c6ccccc6c6c(-c7ccccc7)cccc65)cccc4c23)cc1. The second-order valence-corrected chi connectivity index (χ2v) is 14.5. The molecule has 57 heavy (non-hydrogen) atoms. The predicted octanol–water partition coefficient (Wildman–Crippen LogP) is 14.1. The van der Waals surface area contributed by atoms with Gasteiger partial charge in [0.2, 0.25) is 0 Å². The zero-order chi connectivity index (χ0) is 37.9. The summed E-state index contributed by atoms with van der Waals surface area (Å²) in [5, 5.41) is 4.63. The van der Waals surface area contributed by atoms with E-state index in [4.69, 9.17) is 14.4 Å². The molecule has 4 heteroatoms. The number of hydrogen-bond donors (Lipinski definition) is 0. The van der Waals surface area contributed by atoms with Crippen LogP contribution in [-0.2, 0) is 0 Å². The average molecular weight is 730 g/mol. The van der Waals surface area contributed by atoms with Crippen LogP contribution in [-0.4, -0.2) is 14.5 Å². The summed E-state index contributed by atoms with van der Waals surface area (Å²) in [5.74, 6) is 0.712. The van der Waals surface area contributed by atoms with Crippen LogP contribution in [0.5, 0.6) is 0 Å². The molecule has 4 nitrogen and oxygen atoms in total. The number of furan rings is 1. The van der Waals surface area contributed by atoms with E-state index in [9.17, 15) is 0 Å². The first-order valence-corrected chi connectivity index (χ1v) is 19.3. The zero-order valence-corrected chi connectivity index (χ0v) is 31.2. The van der Waals surface area contributed by atoms with Crippen LogP contribution < -0.4 is 0 Å². The molecular weight excluding hydrogens is 695 g/mol. The van der Waals surface area contributed by atoms with E-state index in [1.165, 1.54) is 21.9 Å². The van der Waals surface area contributed by atoms with Crippen LogP contribution in [0.1, 0.15) is 5.56 Å². The van der Waals surface area contributed by atoms with Crippen molar-refractivity contribution in [3.8, 4) is 61.8 Å². The summed E-state index contributed by atoms with van der Waals surface area (Å²) in [5.41, 5.74) is 15.7. The van der Waals surface area contributed by atoms with Crippen molar-refractivity contribution in [1.82, 2.24) is 14.5 Å². The number of fused-ring (bicyclic) bond motifs is 6. The molecule has 0 radical (unpaired) electrons. The highest BCUT2D eigenvalue weighted by Crippen LogP contribution is 2.43. The smallest absolute Gasteiger partial charge is 0.160 e. The van der Waals surface area contributed by atoms with Crippen LogP contribution in [0.3, 0.4) is 0 Å². The number of rotatable bonds is 6. The number of nitrogens with zero attached hydrogens (tertiary/aromatic N) is 3. The predicted molar refractivity (Wildman–Crippen MR) is 236 cm³/mol. The van der Waals surface area contributed by atoms with E-state index < -0.39 is 0 Å². The zero-order valence-electron chi connectivity index (χ0n) is 31.2. The molecule has 11 rings (SSSR count). The van der Waals surface area contributed by atoms with Gasteiger partial charge in [0, 0.05) is 43.8 Å². The Bertz CT molecular complexity index is 3270. The molecule has 0 saturated heterocycles. The Balaban J connectivity index is 1.06. The van der Waals surface area contributed by atoms with Crippen LogP contribution in [0.4, 0.5) is 0 Å². The van der Waals surface area contributed by atoms with E-state index in [0.717, 1.165) is 83.4 Å². The van der Waals surface area contributed by atoms with Gasteiger partial charge in [0.25, 0.3) is 0 Å². The van der Waals surface area contributed by atoms with Crippen molar-refractivity contribution >= 4 is 43.7 Å². The molecule has 0 aliphatic heterocycles. The van der Waals surface area contributed by atoms with E-state index in [0.29, 0.717) is 5.82 Å². The molecule has 0 N–H and O–H groups in total. The van der Waals surface area contributed by atoms with Gasteiger partial charge in [-0.05, 0) is 53.4 Å². The fourth-order valence-corrected chi connectivity index (χ4v) is 8.59. The third kappa shape index (κ3) is 5.37. The summed E-state index contributed by atoms with van der Waals surface area (Å²) in [4.78, 5) is 10.2. The Morgan fingerprint density at radius 1 is 0.404 bits per heavy atom. The minimum atomic E-state index is 0.712. The van der Waals surface area contributed by atoms with Crippen molar-refractivity contribution in [3.05, 3.63) is 200 Å². The number of benzene rings is 8. The highest BCUT2D eigenvalue weighted by Gasteiger charge is 2.21. The molecule has 0 aliphatic carbocycles. The number of hydrogen-bond acceptors (Lipinski definition) is 3. The normalized spacial score (nSPS) is 11.6. The van der Waals surface area contributed by atoms with Crippen molar-refractivity contribution < 1.29 is 4.42 Å². The van der Waals surface area contributed by atoms with Crippen LogP contribution in [0.2, 0.25) is 0 Å². The molecule has 3 aromatic heterocycles. The molecular formula is C53H35N3O. The Morgan fingerprint density at radius 3 is 1.63 bits per heavy atom. The summed E-state index contributed by atoms with van der Waals surface area (Å²) in [6, 6.07) is 68.2. The minimum absolute atomic E-state index is 0.712. The van der Waals surface area contributed by atoms with Gasteiger partial charge in [0.1, 0.15) is 5.58 Å². The fraction of sp³-hybridized carbons (Fsp3) is 0.0189. The van der Waals surface area contributed by atoms with Gasteiger partial charge in [0.05, 0.1) is 28.1 Å². The molecule has 0 saturated carbocycles. The summed E-state index contributed by atoms with van der Waals surface area (Å²) in [6.45, 7) is 2.12. The third-order valence-electron chi connectivity index (χ3n) is 11.2. The van der Waals surface area contributed by atoms with E-state index in [1.807, 2.05) is 24.3 Å². The molecule has 0 bridgehead atoms. The molecule has 268 valence electrons. The minimum Gasteiger partial charge on any atom is -0.454 e. The van der Waals surface area contributed by atoms with E-state index in [-0.39, 0.29) is 0 Å². The van der Waals surface area contributed by atoms with Gasteiger partial charge in [-0.1, -0.05) is 170 Å². The maximum absolute atomic E-state index is 6.86. The molecule has 0 unspecified atom stereocenters. The molecule has 8 aromatic carbocycles. The Labute approximate surface area is 330 Å². The number of aromatic nitrogens is 3. The van der Waals surface area contributed by atoms with E-state index >= 15 is 0 Å². The maximum atomic E-state index is 6.86. The van der Waals surface area contributed by atoms with Crippen molar-refractivity contribution in [3.63, 3.8) is 0 Å². The molecule has 0 atom stereocenters. The summed E-state index contributed by atoms with van der Waals surface area (Å²) < 4.78 is 9.23. The van der Waals surface area contributed by atoms with E-state index in [2.05, 4.69) is 181 Å². The molecule has 0 spiro atoms. The Hall–Kier alpha value is -7.56. The number of para-hydroxylation sites is 2. The average Bonchev–Trinajstić information content (AvgIpc) is 3.84. The quantitative estimate of drug-likeness (QED) is 0.171. The van der Waals surface area contributed by atoms with Gasteiger partial charge < -0.3 is 8.98 Å². The van der Waals surface area contributed by atoms with Gasteiger partial charge >= 0.3 is 0 Å². The van der Waals surface area contributed by atoms with Crippen molar-refractivity contribution in [2.45, 2.75) is 6.92 Å². The first-order valence-electron chi connectivity index (χ1n) is 19.3. The standard InChI is InChI=1S/C53H35N3O/c1-34-50(37-18-7-3-8-19-37)54-53(39-20-9-4-10-21-39)55-51(34)38-32-30-36(31-33-38)41-24-15-29-47-49(41)43-25-14-28-46(52(43)57-47)56-44-26-12-11-22-42(44)48-40(23-13-27-45(48)56)35-16-5-2-6-17-35/h2-33H,1H3. The van der Waals surface area contributed by atoms with Crippen LogP contribution >= 0.6 is 0 Å². The molecule has 11 aromatic rings. The Morgan fingerprint density at radius 2 is 0.912 bits per heavy atom. The van der Waals surface area contributed by atoms with Crippen LogP contribution in [0.25, 0.3) is 106 Å². The molecule has 0 aliphatic rings. The molecule has 0 fully saturated rings. The Kier molecular flexibility index (Phi) is 7.68. The first-order chi connectivity index (χ1) is 28.2. The maximum Gasteiger partial charge on any atom is 0.160 e. The molecule has 3 heterocycles. The third-order valence-corrected chi connectivity index (χ3v) is 11.2. The van der Waals surface area contributed by atoms with Crippen molar-refractivity contribution in [2.75, 3.05) is 0 Å². The lowest BCUT2D eigenvalue weighted by atomic mass is 9.96. The van der Waals surface area contributed by atoms with E-state index in [1.54, 1.807) is 0 Å². The second-order valence-electron chi connectivity index (χ2n) is 14.5.